The average molecular weight is 282 g/mol. The molecule has 0 saturated heterocycles. The molecule has 1 aromatic heterocycles. The number of nitrogens with two attached hydrogens (primary N) is 1. The molecule has 0 aliphatic heterocycles. The van der Waals surface area contributed by atoms with Crippen molar-refractivity contribution in [1.82, 2.24) is 5.32 Å². The zero-order valence-electron chi connectivity index (χ0n) is 11.1. The molecule has 1 amide bonds. The van der Waals surface area contributed by atoms with Gasteiger partial charge in [0, 0.05) is 6.04 Å². The minimum Gasteiger partial charge on any atom is -0.465 e. The Morgan fingerprint density at radius 3 is 2.68 bits per heavy atom. The molecule has 1 heterocycles. The third kappa shape index (κ3) is 2.89. The van der Waals surface area contributed by atoms with Crippen LogP contribution in [0.5, 0.6) is 0 Å². The van der Waals surface area contributed by atoms with Gasteiger partial charge in [-0.3, -0.25) is 4.79 Å². The van der Waals surface area contributed by atoms with Crippen molar-refractivity contribution in [1.29, 1.82) is 0 Å². The maximum atomic E-state index is 12.2. The predicted octanol–water partition coefficient (Wildman–Crippen LogP) is 1.96. The molecular formula is C13H18N2O3S. The summed E-state index contributed by atoms with van der Waals surface area (Å²) >= 11 is 1.13. The van der Waals surface area contributed by atoms with E-state index in [0.29, 0.717) is 21.9 Å². The van der Waals surface area contributed by atoms with Gasteiger partial charge in [-0.15, -0.1) is 11.3 Å². The molecule has 1 aliphatic carbocycles. The summed E-state index contributed by atoms with van der Waals surface area (Å²) in [5.41, 5.74) is 7.09. The van der Waals surface area contributed by atoms with Gasteiger partial charge in [0.15, 0.2) is 0 Å². The van der Waals surface area contributed by atoms with E-state index in [1.807, 2.05) is 6.92 Å². The van der Waals surface area contributed by atoms with Crippen molar-refractivity contribution in [2.75, 3.05) is 12.8 Å². The van der Waals surface area contributed by atoms with Gasteiger partial charge in [-0.2, -0.15) is 0 Å². The number of carbonyl (C=O) groups excluding carboxylic acids is 2. The molecule has 0 atom stereocenters. The van der Waals surface area contributed by atoms with E-state index in [9.17, 15) is 9.59 Å². The summed E-state index contributed by atoms with van der Waals surface area (Å²) in [6, 6.07) is 0.267. The Morgan fingerprint density at radius 2 is 2.16 bits per heavy atom. The molecule has 5 nitrogen and oxygen atoms in total. The third-order valence-corrected chi connectivity index (χ3v) is 4.09. The van der Waals surface area contributed by atoms with E-state index in [-0.39, 0.29) is 11.9 Å². The van der Waals surface area contributed by atoms with Gasteiger partial charge in [0.1, 0.15) is 4.88 Å². The van der Waals surface area contributed by atoms with Crippen LogP contribution in [0.25, 0.3) is 0 Å². The maximum Gasteiger partial charge on any atom is 0.348 e. The van der Waals surface area contributed by atoms with Crippen molar-refractivity contribution in [3.8, 4) is 0 Å². The van der Waals surface area contributed by atoms with Crippen molar-refractivity contribution < 1.29 is 14.3 Å². The van der Waals surface area contributed by atoms with Crippen LogP contribution in [0.4, 0.5) is 5.00 Å². The van der Waals surface area contributed by atoms with Gasteiger partial charge in [0.2, 0.25) is 0 Å². The summed E-state index contributed by atoms with van der Waals surface area (Å²) in [7, 11) is 1.33. The van der Waals surface area contributed by atoms with Gasteiger partial charge in [0.25, 0.3) is 5.91 Å². The zero-order chi connectivity index (χ0) is 14.0. The quantitative estimate of drug-likeness (QED) is 0.809. The largest absolute Gasteiger partial charge is 0.465 e. The van der Waals surface area contributed by atoms with Crippen LogP contribution in [-0.2, 0) is 11.2 Å². The van der Waals surface area contributed by atoms with Crippen LogP contribution in [0.1, 0.15) is 51.8 Å². The van der Waals surface area contributed by atoms with E-state index in [4.69, 9.17) is 10.5 Å². The lowest BCUT2D eigenvalue weighted by molar-refractivity contribution is 0.0605. The van der Waals surface area contributed by atoms with Crippen LogP contribution in [0.3, 0.4) is 0 Å². The van der Waals surface area contributed by atoms with Crippen LogP contribution in [0, 0.1) is 0 Å². The minimum atomic E-state index is -0.425. The Hall–Kier alpha value is -1.56. The molecule has 0 aromatic carbocycles. The number of nitrogens with one attached hydrogen (secondary N) is 1. The topological polar surface area (TPSA) is 81.4 Å². The first-order valence-electron chi connectivity index (χ1n) is 6.38. The predicted molar refractivity (Wildman–Crippen MR) is 74.6 cm³/mol. The number of hydrogen-bond donors (Lipinski definition) is 2. The number of amides is 1. The van der Waals surface area contributed by atoms with E-state index in [1.165, 1.54) is 7.11 Å². The summed E-state index contributed by atoms with van der Waals surface area (Å²) in [4.78, 5) is 24.4. The Balaban J connectivity index is 2.36. The zero-order valence-corrected chi connectivity index (χ0v) is 11.9. The van der Waals surface area contributed by atoms with Crippen LogP contribution < -0.4 is 11.1 Å². The van der Waals surface area contributed by atoms with Crippen LogP contribution in [0.2, 0.25) is 0 Å². The van der Waals surface area contributed by atoms with Crippen molar-refractivity contribution in [3.05, 3.63) is 16.0 Å². The Bertz CT molecular complexity index is 506. The summed E-state index contributed by atoms with van der Waals surface area (Å²) in [5.74, 6) is -0.597. The normalized spacial score (nSPS) is 14.2. The molecule has 3 N–H and O–H groups in total. The van der Waals surface area contributed by atoms with E-state index < -0.39 is 5.97 Å². The SMILES string of the molecule is CCCc1c(C(=O)OC)sc(N)c1C(=O)NC1CC1. The van der Waals surface area contributed by atoms with Gasteiger partial charge in [-0.05, 0) is 24.8 Å². The third-order valence-electron chi connectivity index (χ3n) is 3.04. The van der Waals surface area contributed by atoms with Crippen molar-refractivity contribution >= 4 is 28.2 Å². The van der Waals surface area contributed by atoms with E-state index in [0.717, 1.165) is 36.2 Å². The second-order valence-electron chi connectivity index (χ2n) is 4.64. The average Bonchev–Trinajstić information content (AvgIpc) is 3.12. The minimum absolute atomic E-state index is 0.171. The number of thiophene rings is 1. The van der Waals surface area contributed by atoms with Crippen molar-refractivity contribution in [2.45, 2.75) is 38.6 Å². The fourth-order valence-electron chi connectivity index (χ4n) is 1.97. The molecule has 104 valence electrons. The number of nitrogen functional groups attached to an aromatic ring is 1. The molecule has 2 rings (SSSR count). The molecular weight excluding hydrogens is 264 g/mol. The smallest absolute Gasteiger partial charge is 0.348 e. The summed E-state index contributed by atoms with van der Waals surface area (Å²) < 4.78 is 4.75. The number of anilines is 1. The van der Waals surface area contributed by atoms with Gasteiger partial charge < -0.3 is 15.8 Å². The van der Waals surface area contributed by atoms with Crippen LogP contribution in [-0.4, -0.2) is 25.0 Å². The highest BCUT2D eigenvalue weighted by molar-refractivity contribution is 7.18. The van der Waals surface area contributed by atoms with Gasteiger partial charge in [-0.25, -0.2) is 4.79 Å². The molecule has 1 aliphatic rings. The molecule has 1 aromatic rings. The standard InChI is InChI=1S/C13H18N2O3S/c1-3-4-8-9(12(16)15-7-5-6-7)11(14)19-10(8)13(17)18-2/h7H,3-6,14H2,1-2H3,(H,15,16). The van der Waals surface area contributed by atoms with Gasteiger partial charge >= 0.3 is 5.97 Å². The second kappa shape index (κ2) is 5.61. The summed E-state index contributed by atoms with van der Waals surface area (Å²) in [6.07, 6.45) is 3.51. The number of rotatable bonds is 5. The lowest BCUT2D eigenvalue weighted by atomic mass is 10.0. The number of esters is 1. The molecule has 0 unspecified atom stereocenters. The summed E-state index contributed by atoms with van der Waals surface area (Å²) in [5, 5.41) is 3.31. The molecule has 1 fully saturated rings. The van der Waals surface area contributed by atoms with Gasteiger partial charge in [0.05, 0.1) is 17.7 Å². The van der Waals surface area contributed by atoms with E-state index in [1.54, 1.807) is 0 Å². The maximum absolute atomic E-state index is 12.2. The second-order valence-corrected chi connectivity index (χ2v) is 5.69. The summed E-state index contributed by atoms with van der Waals surface area (Å²) in [6.45, 7) is 2.00. The highest BCUT2D eigenvalue weighted by Crippen LogP contribution is 2.33. The first-order valence-corrected chi connectivity index (χ1v) is 7.20. The Labute approximate surface area is 116 Å². The van der Waals surface area contributed by atoms with E-state index >= 15 is 0 Å². The molecule has 0 radical (unpaired) electrons. The highest BCUT2D eigenvalue weighted by atomic mass is 32.1. The van der Waals surface area contributed by atoms with Gasteiger partial charge in [-0.1, -0.05) is 13.3 Å². The fraction of sp³-hybridized carbons (Fsp3) is 0.538. The first-order chi connectivity index (χ1) is 9.08. The molecule has 6 heteroatoms. The van der Waals surface area contributed by atoms with Crippen LogP contribution >= 0.6 is 11.3 Å². The molecule has 19 heavy (non-hydrogen) atoms. The lowest BCUT2D eigenvalue weighted by Crippen LogP contribution is -2.26. The molecule has 1 saturated carbocycles. The number of carbonyl (C=O) groups is 2. The monoisotopic (exact) mass is 282 g/mol. The van der Waals surface area contributed by atoms with Crippen LogP contribution in [0.15, 0.2) is 0 Å². The first kappa shape index (κ1) is 13.9. The fourth-order valence-corrected chi connectivity index (χ4v) is 3.00. The molecule has 0 spiro atoms. The number of methoxy groups -OCH3 is 1. The lowest BCUT2D eigenvalue weighted by Gasteiger charge is -2.07. The number of ether oxygens (including phenoxy) is 1. The Morgan fingerprint density at radius 1 is 1.47 bits per heavy atom. The van der Waals surface area contributed by atoms with Crippen molar-refractivity contribution in [3.63, 3.8) is 0 Å². The highest BCUT2D eigenvalue weighted by Gasteiger charge is 2.29. The van der Waals surface area contributed by atoms with Crippen molar-refractivity contribution in [2.24, 2.45) is 0 Å². The number of hydrogen-bond acceptors (Lipinski definition) is 5. The Kier molecular flexibility index (Phi) is 4.09. The van der Waals surface area contributed by atoms with E-state index in [2.05, 4.69) is 5.32 Å². The molecule has 0 bridgehead atoms.